The summed E-state index contributed by atoms with van der Waals surface area (Å²) in [6.07, 6.45) is 6.84. The van der Waals surface area contributed by atoms with Gasteiger partial charge in [0.05, 0.1) is 17.9 Å². The van der Waals surface area contributed by atoms with E-state index in [1.165, 1.54) is 0 Å². The van der Waals surface area contributed by atoms with Gasteiger partial charge >= 0.3 is 0 Å². The maximum atomic E-state index is 12.5. The van der Waals surface area contributed by atoms with Crippen molar-refractivity contribution in [3.05, 3.63) is 72.4 Å². The second-order valence-corrected chi connectivity index (χ2v) is 8.16. The van der Waals surface area contributed by atoms with Gasteiger partial charge in [0.25, 0.3) is 11.8 Å². The van der Waals surface area contributed by atoms with Gasteiger partial charge in [0.15, 0.2) is 0 Å². The first-order valence-electron chi connectivity index (χ1n) is 11.2. The van der Waals surface area contributed by atoms with Crippen LogP contribution < -0.4 is 11.1 Å². The molecule has 4 heterocycles. The van der Waals surface area contributed by atoms with E-state index in [9.17, 15) is 9.59 Å². The Morgan fingerprint density at radius 1 is 1.14 bits per heavy atom. The maximum Gasteiger partial charge on any atom is 0.299 e. The van der Waals surface area contributed by atoms with Gasteiger partial charge in [-0.15, -0.1) is 0 Å². The maximum absolute atomic E-state index is 12.5. The Hall–Kier alpha value is -4.71. The van der Waals surface area contributed by atoms with E-state index in [4.69, 9.17) is 5.73 Å². The molecule has 0 aliphatic carbocycles. The van der Waals surface area contributed by atoms with Gasteiger partial charge in [-0.2, -0.15) is 0 Å². The summed E-state index contributed by atoms with van der Waals surface area (Å²) >= 11 is 0. The molecule has 4 aromatic rings. The van der Waals surface area contributed by atoms with Gasteiger partial charge < -0.3 is 16.0 Å². The van der Waals surface area contributed by atoms with Crippen LogP contribution in [0, 0.1) is 11.8 Å². The monoisotopic (exact) mass is 465 g/mol. The molecule has 9 nitrogen and oxygen atoms in total. The average Bonchev–Trinajstić information content (AvgIpc) is 3.52. The number of hydrogen-bond donors (Lipinski definition) is 2. The summed E-state index contributed by atoms with van der Waals surface area (Å²) in [6.45, 7) is 2.29. The SMILES string of the molecule is CC#CC(=O)N1CCC[C@H]1c1ncc2c(N)nc(-c3ccc(C(=O)Nc4ccccn4)cc3)cn12. The number of anilines is 2. The number of nitrogen functional groups attached to an aromatic ring is 1. The molecule has 174 valence electrons. The molecule has 0 unspecified atom stereocenters. The zero-order valence-electron chi connectivity index (χ0n) is 19.1. The van der Waals surface area contributed by atoms with Gasteiger partial charge in [-0.25, -0.2) is 15.0 Å². The highest BCUT2D eigenvalue weighted by Gasteiger charge is 2.32. The third kappa shape index (κ3) is 4.29. The van der Waals surface area contributed by atoms with Crippen molar-refractivity contribution in [1.29, 1.82) is 0 Å². The number of carbonyl (C=O) groups excluding carboxylic acids is 2. The van der Waals surface area contributed by atoms with Crippen molar-refractivity contribution < 1.29 is 9.59 Å². The number of carbonyl (C=O) groups is 2. The van der Waals surface area contributed by atoms with Crippen molar-refractivity contribution in [2.75, 3.05) is 17.6 Å². The van der Waals surface area contributed by atoms with Crippen molar-refractivity contribution >= 4 is 29.0 Å². The Bertz CT molecular complexity index is 1470. The number of amides is 2. The minimum Gasteiger partial charge on any atom is -0.382 e. The smallest absolute Gasteiger partial charge is 0.299 e. The van der Waals surface area contributed by atoms with Gasteiger partial charge in [0, 0.05) is 30.1 Å². The standard InChI is InChI=1S/C26H23N7O2/c1-2-6-23(34)32-14-5-7-20(32)25-29-15-21-24(27)30-19(16-33(21)25)17-9-11-18(12-10-17)26(35)31-22-8-3-4-13-28-22/h3-4,8-13,15-16,20H,5,7,14H2,1H3,(H2,27,30)(H,28,31,35)/t20-/m0/s1. The van der Waals surface area contributed by atoms with E-state index in [0.29, 0.717) is 35.0 Å². The molecule has 1 fully saturated rings. The number of nitrogens with zero attached hydrogens (tertiary/aromatic N) is 5. The molecule has 0 radical (unpaired) electrons. The van der Waals surface area contributed by atoms with Gasteiger partial charge in [0.2, 0.25) is 0 Å². The number of nitrogens with one attached hydrogen (secondary N) is 1. The molecule has 0 saturated carbocycles. The lowest BCUT2D eigenvalue weighted by molar-refractivity contribution is -0.126. The summed E-state index contributed by atoms with van der Waals surface area (Å²) in [6, 6.07) is 12.2. The van der Waals surface area contributed by atoms with Gasteiger partial charge in [-0.3, -0.25) is 14.0 Å². The van der Waals surface area contributed by atoms with E-state index in [1.54, 1.807) is 54.5 Å². The largest absolute Gasteiger partial charge is 0.382 e. The van der Waals surface area contributed by atoms with E-state index in [-0.39, 0.29) is 17.9 Å². The van der Waals surface area contributed by atoms with Crippen LogP contribution in [-0.4, -0.2) is 42.6 Å². The number of likely N-dealkylation sites (tertiary alicyclic amines) is 1. The van der Waals surface area contributed by atoms with Gasteiger partial charge in [-0.05, 0) is 50.0 Å². The number of fused-ring (bicyclic) bond motifs is 1. The fourth-order valence-electron chi connectivity index (χ4n) is 4.30. The van der Waals surface area contributed by atoms with Gasteiger partial charge in [0.1, 0.15) is 23.0 Å². The first-order chi connectivity index (χ1) is 17.0. The normalized spacial score (nSPS) is 15.0. The molecule has 9 heteroatoms. The van der Waals surface area contributed by atoms with Crippen LogP contribution in [-0.2, 0) is 4.79 Å². The lowest BCUT2D eigenvalue weighted by Crippen LogP contribution is -2.30. The summed E-state index contributed by atoms with van der Waals surface area (Å²) in [5.41, 5.74) is 8.87. The Morgan fingerprint density at radius 3 is 2.71 bits per heavy atom. The average molecular weight is 466 g/mol. The Kier molecular flexibility index (Phi) is 5.85. The summed E-state index contributed by atoms with van der Waals surface area (Å²) in [5, 5.41) is 2.77. The molecule has 3 N–H and O–H groups in total. The Morgan fingerprint density at radius 2 is 1.97 bits per heavy atom. The van der Waals surface area contributed by atoms with E-state index in [0.717, 1.165) is 24.2 Å². The molecule has 2 amide bonds. The number of benzene rings is 1. The molecule has 35 heavy (non-hydrogen) atoms. The lowest BCUT2D eigenvalue weighted by Gasteiger charge is -2.21. The van der Waals surface area contributed by atoms with E-state index in [1.807, 2.05) is 22.7 Å². The number of aromatic nitrogens is 4. The molecule has 0 spiro atoms. The third-order valence-electron chi connectivity index (χ3n) is 5.97. The van der Waals surface area contributed by atoms with Gasteiger partial charge in [-0.1, -0.05) is 24.1 Å². The van der Waals surface area contributed by atoms with Crippen molar-refractivity contribution in [1.82, 2.24) is 24.3 Å². The summed E-state index contributed by atoms with van der Waals surface area (Å²) in [5.74, 6) is 6.41. The van der Waals surface area contributed by atoms with Crippen LogP contribution in [0.3, 0.4) is 0 Å². The van der Waals surface area contributed by atoms with Crippen LogP contribution >= 0.6 is 0 Å². The zero-order chi connectivity index (χ0) is 24.4. The molecule has 1 aliphatic rings. The van der Waals surface area contributed by atoms with Crippen molar-refractivity contribution in [2.45, 2.75) is 25.8 Å². The van der Waals surface area contributed by atoms with Crippen LogP contribution in [0.4, 0.5) is 11.6 Å². The minimum atomic E-state index is -0.253. The zero-order valence-corrected chi connectivity index (χ0v) is 19.1. The number of nitrogens with two attached hydrogens (primary N) is 1. The summed E-state index contributed by atoms with van der Waals surface area (Å²) in [4.78, 5) is 40.0. The van der Waals surface area contributed by atoms with Crippen LogP contribution in [0.25, 0.3) is 16.8 Å². The highest BCUT2D eigenvalue weighted by molar-refractivity contribution is 6.04. The first-order valence-corrected chi connectivity index (χ1v) is 11.2. The van der Waals surface area contributed by atoms with Crippen LogP contribution in [0.15, 0.2) is 61.1 Å². The van der Waals surface area contributed by atoms with Crippen molar-refractivity contribution in [3.8, 4) is 23.1 Å². The Balaban J connectivity index is 1.45. The molecule has 1 atom stereocenters. The minimum absolute atomic E-state index is 0.182. The molecule has 1 aliphatic heterocycles. The Labute approximate surface area is 202 Å². The van der Waals surface area contributed by atoms with E-state index < -0.39 is 0 Å². The molecule has 1 aromatic carbocycles. The topological polar surface area (TPSA) is 119 Å². The molecule has 1 saturated heterocycles. The molecule has 5 rings (SSSR count). The highest BCUT2D eigenvalue weighted by atomic mass is 16.2. The predicted octanol–water partition coefficient (Wildman–Crippen LogP) is 3.31. The second-order valence-electron chi connectivity index (χ2n) is 8.16. The van der Waals surface area contributed by atoms with Crippen molar-refractivity contribution in [3.63, 3.8) is 0 Å². The summed E-state index contributed by atoms with van der Waals surface area (Å²) in [7, 11) is 0. The number of pyridine rings is 1. The molecular formula is C26H23N7O2. The van der Waals surface area contributed by atoms with E-state index in [2.05, 4.69) is 32.1 Å². The van der Waals surface area contributed by atoms with Crippen molar-refractivity contribution in [2.24, 2.45) is 0 Å². The molecule has 3 aromatic heterocycles. The summed E-state index contributed by atoms with van der Waals surface area (Å²) < 4.78 is 1.90. The van der Waals surface area contributed by atoms with Crippen LogP contribution in [0.1, 0.15) is 42.0 Å². The third-order valence-corrected chi connectivity index (χ3v) is 5.97. The lowest BCUT2D eigenvalue weighted by atomic mass is 10.1. The van der Waals surface area contributed by atoms with Crippen LogP contribution in [0.2, 0.25) is 0 Å². The van der Waals surface area contributed by atoms with Crippen LogP contribution in [0.5, 0.6) is 0 Å². The quantitative estimate of drug-likeness (QED) is 0.447. The molecule has 0 bridgehead atoms. The number of hydrogen-bond acceptors (Lipinski definition) is 6. The predicted molar refractivity (Wildman–Crippen MR) is 132 cm³/mol. The number of imidazole rings is 1. The highest BCUT2D eigenvalue weighted by Crippen LogP contribution is 2.33. The molecular weight excluding hydrogens is 442 g/mol. The fourth-order valence-corrected chi connectivity index (χ4v) is 4.30. The fraction of sp³-hybridized carbons (Fsp3) is 0.192. The van der Waals surface area contributed by atoms with E-state index >= 15 is 0 Å². The number of rotatable bonds is 4. The first kappa shape index (κ1) is 22.1. The second kappa shape index (κ2) is 9.27.